The molecule has 0 bridgehead atoms. The maximum Gasteiger partial charge on any atom is 0.309 e. The Balaban J connectivity index is 1.85. The van der Waals surface area contributed by atoms with Crippen molar-refractivity contribution >= 4 is 5.97 Å². The van der Waals surface area contributed by atoms with Gasteiger partial charge in [0.25, 0.3) is 0 Å². The first-order valence-electron chi connectivity index (χ1n) is 6.81. The van der Waals surface area contributed by atoms with E-state index >= 15 is 0 Å². The van der Waals surface area contributed by atoms with Gasteiger partial charge in [-0.3, -0.25) is 4.79 Å². The normalized spacial score (nSPS) is 51.8. The summed E-state index contributed by atoms with van der Waals surface area (Å²) in [6.45, 7) is 4.53. The minimum absolute atomic E-state index is 0.0881. The van der Waals surface area contributed by atoms with Gasteiger partial charge in [0.05, 0.1) is 5.92 Å². The summed E-state index contributed by atoms with van der Waals surface area (Å²) in [7, 11) is 0. The summed E-state index contributed by atoms with van der Waals surface area (Å²) in [5.41, 5.74) is 0.502. The summed E-state index contributed by atoms with van der Waals surface area (Å²) in [5.74, 6) is 1.60. The molecule has 2 saturated carbocycles. The molecule has 0 aromatic carbocycles. The van der Waals surface area contributed by atoms with E-state index in [0.717, 1.165) is 12.3 Å². The zero-order valence-corrected chi connectivity index (χ0v) is 10.4. The van der Waals surface area contributed by atoms with Gasteiger partial charge in [0.2, 0.25) is 0 Å². The zero-order valence-electron chi connectivity index (χ0n) is 10.4. The lowest BCUT2D eigenvalue weighted by molar-refractivity contribution is -0.144. The van der Waals surface area contributed by atoms with Crippen molar-refractivity contribution < 1.29 is 9.53 Å². The topological polar surface area (TPSA) is 26.3 Å². The van der Waals surface area contributed by atoms with E-state index in [4.69, 9.17) is 4.74 Å². The van der Waals surface area contributed by atoms with E-state index in [2.05, 4.69) is 13.8 Å². The summed E-state index contributed by atoms with van der Waals surface area (Å²) in [4.78, 5) is 11.8. The molecule has 1 aliphatic heterocycles. The average molecular weight is 222 g/mol. The fourth-order valence-electron chi connectivity index (χ4n) is 4.43. The second kappa shape index (κ2) is 3.48. The van der Waals surface area contributed by atoms with Crippen molar-refractivity contribution in [1.29, 1.82) is 0 Å². The molecule has 1 unspecified atom stereocenters. The smallest absolute Gasteiger partial charge is 0.309 e. The Morgan fingerprint density at radius 2 is 2.19 bits per heavy atom. The predicted octanol–water partition coefficient (Wildman–Crippen LogP) is 3.15. The molecule has 2 heteroatoms. The molecule has 5 atom stereocenters. The SMILES string of the molecule is C[C@H]1OC(=O)[C@@H]2C[C@@H]3CCCCC3(C)C[C@H]12. The van der Waals surface area contributed by atoms with Crippen LogP contribution in [0.25, 0.3) is 0 Å². The maximum absolute atomic E-state index is 11.8. The Hall–Kier alpha value is -0.530. The number of carbonyl (C=O) groups excluding carboxylic acids is 1. The van der Waals surface area contributed by atoms with Crippen LogP contribution in [0.15, 0.2) is 0 Å². The minimum atomic E-state index is 0.0881. The average Bonchev–Trinajstić information content (AvgIpc) is 2.51. The van der Waals surface area contributed by atoms with Gasteiger partial charge in [-0.1, -0.05) is 19.8 Å². The molecule has 16 heavy (non-hydrogen) atoms. The number of ether oxygens (including phenoxy) is 1. The fourth-order valence-corrected chi connectivity index (χ4v) is 4.43. The number of hydrogen-bond acceptors (Lipinski definition) is 2. The van der Waals surface area contributed by atoms with Crippen LogP contribution in [0, 0.1) is 23.2 Å². The van der Waals surface area contributed by atoms with Gasteiger partial charge >= 0.3 is 5.97 Å². The van der Waals surface area contributed by atoms with Crippen LogP contribution in [0.5, 0.6) is 0 Å². The Morgan fingerprint density at radius 3 is 3.00 bits per heavy atom. The van der Waals surface area contributed by atoms with E-state index in [9.17, 15) is 4.79 Å². The van der Waals surface area contributed by atoms with E-state index in [1.54, 1.807) is 0 Å². The van der Waals surface area contributed by atoms with E-state index in [0.29, 0.717) is 11.3 Å². The Morgan fingerprint density at radius 1 is 1.38 bits per heavy atom. The highest BCUT2D eigenvalue weighted by atomic mass is 16.6. The molecule has 0 amide bonds. The van der Waals surface area contributed by atoms with Gasteiger partial charge in [-0.25, -0.2) is 0 Å². The Labute approximate surface area is 97.7 Å². The van der Waals surface area contributed by atoms with Crippen LogP contribution in [-0.2, 0) is 9.53 Å². The van der Waals surface area contributed by atoms with Crippen molar-refractivity contribution in [3.63, 3.8) is 0 Å². The highest BCUT2D eigenvalue weighted by Gasteiger charge is 2.53. The van der Waals surface area contributed by atoms with E-state index in [1.165, 1.54) is 32.1 Å². The molecular formula is C14H22O2. The summed E-state index contributed by atoms with van der Waals surface area (Å²) in [6, 6.07) is 0. The summed E-state index contributed by atoms with van der Waals surface area (Å²) in [5, 5.41) is 0. The second-order valence-corrected chi connectivity index (χ2v) is 6.45. The lowest BCUT2D eigenvalue weighted by atomic mass is 9.55. The third-order valence-corrected chi connectivity index (χ3v) is 5.50. The molecule has 1 heterocycles. The maximum atomic E-state index is 11.8. The van der Waals surface area contributed by atoms with Gasteiger partial charge in [-0.15, -0.1) is 0 Å². The molecule has 2 aliphatic carbocycles. The molecule has 3 fully saturated rings. The fraction of sp³-hybridized carbons (Fsp3) is 0.929. The van der Waals surface area contributed by atoms with Crippen molar-refractivity contribution in [2.75, 3.05) is 0 Å². The van der Waals surface area contributed by atoms with E-state index < -0.39 is 0 Å². The molecule has 90 valence electrons. The first-order valence-corrected chi connectivity index (χ1v) is 6.81. The van der Waals surface area contributed by atoms with Gasteiger partial charge in [-0.2, -0.15) is 0 Å². The highest BCUT2D eigenvalue weighted by molar-refractivity contribution is 5.75. The first kappa shape index (κ1) is 10.6. The number of hydrogen-bond donors (Lipinski definition) is 0. The predicted molar refractivity (Wildman–Crippen MR) is 61.8 cm³/mol. The first-order chi connectivity index (χ1) is 7.60. The third-order valence-electron chi connectivity index (χ3n) is 5.50. The van der Waals surface area contributed by atoms with Gasteiger partial charge in [0.15, 0.2) is 0 Å². The van der Waals surface area contributed by atoms with Crippen molar-refractivity contribution in [1.82, 2.24) is 0 Å². The molecule has 2 nitrogen and oxygen atoms in total. The van der Waals surface area contributed by atoms with Crippen LogP contribution in [0.1, 0.15) is 52.4 Å². The number of cyclic esters (lactones) is 1. The van der Waals surface area contributed by atoms with Gasteiger partial charge < -0.3 is 4.74 Å². The van der Waals surface area contributed by atoms with Crippen LogP contribution in [0.2, 0.25) is 0 Å². The molecule has 0 N–H and O–H groups in total. The summed E-state index contributed by atoms with van der Waals surface area (Å²) < 4.78 is 5.42. The van der Waals surface area contributed by atoms with Crippen LogP contribution in [0.4, 0.5) is 0 Å². The molecule has 0 aromatic heterocycles. The minimum Gasteiger partial charge on any atom is -0.462 e. The molecule has 3 aliphatic rings. The van der Waals surface area contributed by atoms with Crippen LogP contribution < -0.4 is 0 Å². The van der Waals surface area contributed by atoms with E-state index in [1.807, 2.05) is 0 Å². The van der Waals surface area contributed by atoms with Crippen LogP contribution in [-0.4, -0.2) is 12.1 Å². The quantitative estimate of drug-likeness (QED) is 0.588. The van der Waals surface area contributed by atoms with Gasteiger partial charge in [-0.05, 0) is 43.9 Å². The molecule has 0 spiro atoms. The molecule has 0 aromatic rings. The van der Waals surface area contributed by atoms with Gasteiger partial charge in [0.1, 0.15) is 6.10 Å². The van der Waals surface area contributed by atoms with Crippen molar-refractivity contribution in [3.8, 4) is 0 Å². The molecule has 1 saturated heterocycles. The summed E-state index contributed by atoms with van der Waals surface area (Å²) >= 11 is 0. The molecule has 0 radical (unpaired) electrons. The van der Waals surface area contributed by atoms with Crippen molar-refractivity contribution in [3.05, 3.63) is 0 Å². The zero-order chi connectivity index (χ0) is 11.3. The van der Waals surface area contributed by atoms with Gasteiger partial charge in [0, 0.05) is 5.92 Å². The van der Waals surface area contributed by atoms with E-state index in [-0.39, 0.29) is 18.0 Å². The largest absolute Gasteiger partial charge is 0.462 e. The van der Waals surface area contributed by atoms with Crippen LogP contribution >= 0.6 is 0 Å². The Bertz CT molecular complexity index is 312. The number of rotatable bonds is 0. The number of esters is 1. The highest BCUT2D eigenvalue weighted by Crippen LogP contribution is 2.56. The molecular weight excluding hydrogens is 200 g/mol. The van der Waals surface area contributed by atoms with Crippen molar-refractivity contribution in [2.45, 2.75) is 58.5 Å². The molecule has 3 rings (SSSR count). The number of carbonyl (C=O) groups is 1. The Kier molecular flexibility index (Phi) is 2.31. The standard InChI is InChI=1S/C14H22O2/c1-9-12-8-14(2)6-4-3-5-10(14)7-11(12)13(15)16-9/h9-12H,3-8H2,1-2H3/t9-,10+,11-,12-,14?/m1/s1. The lowest BCUT2D eigenvalue weighted by Crippen LogP contribution is -2.42. The van der Waals surface area contributed by atoms with Crippen molar-refractivity contribution in [2.24, 2.45) is 23.2 Å². The third kappa shape index (κ3) is 1.42. The monoisotopic (exact) mass is 222 g/mol. The number of fused-ring (bicyclic) bond motifs is 2. The summed E-state index contributed by atoms with van der Waals surface area (Å²) in [6.07, 6.45) is 7.93. The second-order valence-electron chi connectivity index (χ2n) is 6.45. The van der Waals surface area contributed by atoms with Crippen LogP contribution in [0.3, 0.4) is 0 Å². The lowest BCUT2D eigenvalue weighted by Gasteiger charge is -2.48.